The lowest BCUT2D eigenvalue weighted by Gasteiger charge is -2.22. The molecule has 2 unspecified atom stereocenters. The first kappa shape index (κ1) is 39.2. The first-order valence-corrected chi connectivity index (χ1v) is 19.8. The van der Waals surface area contributed by atoms with Crippen molar-refractivity contribution in [2.24, 2.45) is 0 Å². The Hall–Kier alpha value is -0.790. The summed E-state index contributed by atoms with van der Waals surface area (Å²) in [6.45, 7) is 9.39. The van der Waals surface area contributed by atoms with Crippen molar-refractivity contribution in [3.63, 3.8) is 0 Å². The van der Waals surface area contributed by atoms with Crippen molar-refractivity contribution in [2.45, 2.75) is 239 Å². The van der Waals surface area contributed by atoms with E-state index in [1.165, 1.54) is 205 Å². The first-order valence-electron chi connectivity index (χ1n) is 19.8. The highest BCUT2D eigenvalue weighted by Crippen LogP contribution is 2.30. The van der Waals surface area contributed by atoms with Gasteiger partial charge in [0.25, 0.3) is 0 Å². The first-order chi connectivity index (χ1) is 20.7. The molecule has 0 aliphatic carbocycles. The molecule has 1 aromatic heterocycles. The van der Waals surface area contributed by atoms with Crippen LogP contribution in [0.3, 0.4) is 0 Å². The summed E-state index contributed by atoms with van der Waals surface area (Å²) < 4.78 is 2.57. The molecule has 2 nitrogen and oxygen atoms in total. The van der Waals surface area contributed by atoms with Gasteiger partial charge in [0.05, 0.1) is 0 Å². The Labute approximate surface area is 266 Å². The van der Waals surface area contributed by atoms with Crippen LogP contribution in [-0.2, 0) is 0 Å². The Morgan fingerprint density at radius 1 is 0.452 bits per heavy atom. The third-order valence-electron chi connectivity index (χ3n) is 9.83. The molecule has 2 atom stereocenters. The third-order valence-corrected chi connectivity index (χ3v) is 9.83. The lowest BCUT2D eigenvalue weighted by molar-refractivity contribution is 0.413. The summed E-state index contributed by atoms with van der Waals surface area (Å²) in [6, 6.07) is 0.589. The van der Waals surface area contributed by atoms with Crippen LogP contribution in [0.5, 0.6) is 0 Å². The second-order valence-corrected chi connectivity index (χ2v) is 13.9. The van der Waals surface area contributed by atoms with Gasteiger partial charge in [0, 0.05) is 24.4 Å². The van der Waals surface area contributed by atoms with Crippen LogP contribution >= 0.6 is 0 Å². The van der Waals surface area contributed by atoms with E-state index < -0.39 is 0 Å². The Kier molecular flexibility index (Phi) is 28.3. The fourth-order valence-electron chi connectivity index (χ4n) is 6.89. The minimum atomic E-state index is 0.589. The predicted octanol–water partition coefficient (Wildman–Crippen LogP) is 14.7. The SMILES string of the molecule is CCCCCCCCCCCCCCCCC(CCCCCC)c1nccn1C(C)CCCCCCCCCCCC. The molecule has 0 aliphatic rings. The van der Waals surface area contributed by atoms with Crippen molar-refractivity contribution in [1.29, 1.82) is 0 Å². The van der Waals surface area contributed by atoms with Crippen LogP contribution in [0.2, 0.25) is 0 Å². The lowest BCUT2D eigenvalue weighted by Crippen LogP contribution is -2.13. The molecular weight excluding hydrogens is 508 g/mol. The highest BCUT2D eigenvalue weighted by atomic mass is 15.1. The molecule has 0 aliphatic heterocycles. The fraction of sp³-hybridized carbons (Fsp3) is 0.925. The summed E-state index contributed by atoms with van der Waals surface area (Å²) in [7, 11) is 0. The van der Waals surface area contributed by atoms with E-state index in [2.05, 4.69) is 44.7 Å². The molecule has 0 fully saturated rings. The summed E-state index contributed by atoms with van der Waals surface area (Å²) in [5.74, 6) is 2.06. The number of unbranched alkanes of at least 4 members (excludes halogenated alkanes) is 25. The van der Waals surface area contributed by atoms with Crippen molar-refractivity contribution >= 4 is 0 Å². The maximum absolute atomic E-state index is 4.98. The minimum absolute atomic E-state index is 0.589. The van der Waals surface area contributed by atoms with E-state index in [0.29, 0.717) is 12.0 Å². The van der Waals surface area contributed by atoms with Gasteiger partial charge in [-0.25, -0.2) is 4.98 Å². The Morgan fingerprint density at radius 3 is 1.14 bits per heavy atom. The molecule has 0 saturated carbocycles. The van der Waals surface area contributed by atoms with Gasteiger partial charge in [0.15, 0.2) is 0 Å². The lowest BCUT2D eigenvalue weighted by atomic mass is 9.93. The molecule has 0 bridgehead atoms. The molecule has 0 amide bonds. The van der Waals surface area contributed by atoms with Crippen molar-refractivity contribution in [3.05, 3.63) is 18.2 Å². The van der Waals surface area contributed by atoms with Crippen LogP contribution in [0.4, 0.5) is 0 Å². The normalized spacial score (nSPS) is 13.1. The molecule has 0 N–H and O–H groups in total. The molecular formula is C40H78N2. The van der Waals surface area contributed by atoms with Crippen molar-refractivity contribution < 1.29 is 0 Å². The number of hydrogen-bond acceptors (Lipinski definition) is 1. The maximum atomic E-state index is 4.98. The van der Waals surface area contributed by atoms with Gasteiger partial charge in [0.2, 0.25) is 0 Å². The average molecular weight is 587 g/mol. The van der Waals surface area contributed by atoms with Crippen LogP contribution in [0.15, 0.2) is 12.4 Å². The number of hydrogen-bond donors (Lipinski definition) is 0. The highest BCUT2D eigenvalue weighted by molar-refractivity contribution is 5.02. The summed E-state index contributed by atoms with van der Waals surface area (Å²) in [5.41, 5.74) is 0. The molecule has 1 aromatic rings. The zero-order valence-electron chi connectivity index (χ0n) is 29.6. The van der Waals surface area contributed by atoms with Crippen LogP contribution in [-0.4, -0.2) is 9.55 Å². The number of nitrogens with zero attached hydrogens (tertiary/aromatic N) is 2. The van der Waals surface area contributed by atoms with Crippen molar-refractivity contribution in [2.75, 3.05) is 0 Å². The van der Waals surface area contributed by atoms with Crippen LogP contribution in [0.1, 0.15) is 245 Å². The van der Waals surface area contributed by atoms with E-state index in [4.69, 9.17) is 4.98 Å². The van der Waals surface area contributed by atoms with Gasteiger partial charge >= 0.3 is 0 Å². The van der Waals surface area contributed by atoms with Crippen molar-refractivity contribution in [1.82, 2.24) is 9.55 Å². The zero-order valence-corrected chi connectivity index (χ0v) is 29.6. The molecule has 2 heteroatoms. The van der Waals surface area contributed by atoms with E-state index in [0.717, 1.165) is 0 Å². The average Bonchev–Trinajstić information content (AvgIpc) is 3.49. The van der Waals surface area contributed by atoms with Gasteiger partial charge in [-0.15, -0.1) is 0 Å². The number of imidazole rings is 1. The van der Waals surface area contributed by atoms with E-state index in [9.17, 15) is 0 Å². The van der Waals surface area contributed by atoms with Gasteiger partial charge in [-0.2, -0.15) is 0 Å². The topological polar surface area (TPSA) is 17.8 Å². The van der Waals surface area contributed by atoms with E-state index >= 15 is 0 Å². The highest BCUT2D eigenvalue weighted by Gasteiger charge is 2.19. The Balaban J connectivity index is 2.29. The van der Waals surface area contributed by atoms with Crippen molar-refractivity contribution in [3.8, 4) is 0 Å². The Bertz CT molecular complexity index is 650. The maximum Gasteiger partial charge on any atom is 0.111 e. The number of rotatable bonds is 33. The quantitative estimate of drug-likeness (QED) is 0.0749. The molecule has 248 valence electrons. The predicted molar refractivity (Wildman–Crippen MR) is 190 cm³/mol. The standard InChI is InChI=1S/C40H78N2/c1-5-8-11-14-16-18-20-21-22-23-25-27-29-32-35-39(34-31-13-10-7-3)40-41-36-37-42(40)38(4)33-30-28-26-24-19-17-15-12-9-6-2/h36-39H,5-35H2,1-4H3. The smallest absolute Gasteiger partial charge is 0.111 e. The summed E-state index contributed by atoms with van der Waals surface area (Å²) in [4.78, 5) is 4.98. The third kappa shape index (κ3) is 21.8. The second-order valence-electron chi connectivity index (χ2n) is 13.9. The van der Waals surface area contributed by atoms with Crippen LogP contribution in [0, 0.1) is 0 Å². The Morgan fingerprint density at radius 2 is 0.762 bits per heavy atom. The summed E-state index contributed by atoms with van der Waals surface area (Å²) >= 11 is 0. The molecule has 0 saturated heterocycles. The molecule has 42 heavy (non-hydrogen) atoms. The van der Waals surface area contributed by atoms with Gasteiger partial charge in [-0.05, 0) is 26.2 Å². The summed E-state index contributed by atoms with van der Waals surface area (Å²) in [5, 5.41) is 0. The summed E-state index contributed by atoms with van der Waals surface area (Å²) in [6.07, 6.45) is 48.2. The second kappa shape index (κ2) is 30.2. The monoisotopic (exact) mass is 587 g/mol. The minimum Gasteiger partial charge on any atom is -0.332 e. The molecule has 1 heterocycles. The van der Waals surface area contributed by atoms with Gasteiger partial charge in [-0.3, -0.25) is 0 Å². The largest absolute Gasteiger partial charge is 0.332 e. The number of aromatic nitrogens is 2. The van der Waals surface area contributed by atoms with E-state index in [1.54, 1.807) is 0 Å². The zero-order chi connectivity index (χ0) is 30.4. The fourth-order valence-corrected chi connectivity index (χ4v) is 6.89. The molecule has 0 spiro atoms. The molecule has 0 radical (unpaired) electrons. The van der Waals surface area contributed by atoms with Crippen LogP contribution in [0.25, 0.3) is 0 Å². The van der Waals surface area contributed by atoms with Crippen LogP contribution < -0.4 is 0 Å². The van der Waals surface area contributed by atoms with E-state index in [1.807, 2.05) is 0 Å². The van der Waals surface area contributed by atoms with Gasteiger partial charge < -0.3 is 4.57 Å². The molecule has 0 aromatic carbocycles. The van der Waals surface area contributed by atoms with Gasteiger partial charge in [0.1, 0.15) is 5.82 Å². The van der Waals surface area contributed by atoms with Gasteiger partial charge in [-0.1, -0.05) is 201 Å². The van der Waals surface area contributed by atoms with E-state index in [-0.39, 0.29) is 0 Å². The molecule has 1 rings (SSSR count).